The number of nitrogens with two attached hydrogens (primary N) is 1. The fourth-order valence-corrected chi connectivity index (χ4v) is 2.21. The van der Waals surface area contributed by atoms with Crippen LogP contribution < -0.4 is 10.5 Å². The molecular formula is C12H14N4O2S. The lowest BCUT2D eigenvalue weighted by Gasteiger charge is -2.15. The van der Waals surface area contributed by atoms with E-state index < -0.39 is 0 Å². The zero-order valence-electron chi connectivity index (χ0n) is 10.7. The Kier molecular flexibility index (Phi) is 3.96. The summed E-state index contributed by atoms with van der Waals surface area (Å²) >= 11 is 1.08. The molecule has 2 N–H and O–H groups in total. The monoisotopic (exact) mass is 278 g/mol. The van der Waals surface area contributed by atoms with Gasteiger partial charge in [0, 0.05) is 13.6 Å². The molecule has 2 aromatic rings. The largest absolute Gasteiger partial charge is 0.497 e. The Morgan fingerprint density at radius 2 is 2.26 bits per heavy atom. The van der Waals surface area contributed by atoms with Crippen LogP contribution in [0.3, 0.4) is 0 Å². The van der Waals surface area contributed by atoms with E-state index in [-0.39, 0.29) is 11.0 Å². The zero-order valence-corrected chi connectivity index (χ0v) is 11.5. The minimum absolute atomic E-state index is 0.197. The van der Waals surface area contributed by atoms with Crippen molar-refractivity contribution in [3.05, 3.63) is 34.8 Å². The predicted octanol–water partition coefficient (Wildman–Crippen LogP) is 1.40. The van der Waals surface area contributed by atoms with Gasteiger partial charge in [0.25, 0.3) is 5.91 Å². The number of hydrogen-bond acceptors (Lipinski definition) is 6. The molecule has 19 heavy (non-hydrogen) atoms. The van der Waals surface area contributed by atoms with Gasteiger partial charge in [-0.1, -0.05) is 23.5 Å². The van der Waals surface area contributed by atoms with Gasteiger partial charge in [0.05, 0.1) is 7.11 Å². The van der Waals surface area contributed by atoms with Crippen molar-refractivity contribution in [3.8, 4) is 5.75 Å². The molecule has 2 rings (SSSR count). The maximum Gasteiger partial charge on any atom is 0.284 e. The van der Waals surface area contributed by atoms with Gasteiger partial charge < -0.3 is 15.4 Å². The molecule has 0 saturated heterocycles. The number of nitrogen functional groups attached to an aromatic ring is 1. The van der Waals surface area contributed by atoms with E-state index in [4.69, 9.17) is 10.5 Å². The van der Waals surface area contributed by atoms with Crippen molar-refractivity contribution in [2.75, 3.05) is 19.9 Å². The first kappa shape index (κ1) is 13.3. The number of amides is 1. The van der Waals surface area contributed by atoms with Gasteiger partial charge in [-0.25, -0.2) is 0 Å². The maximum atomic E-state index is 12.1. The molecule has 1 heterocycles. The van der Waals surface area contributed by atoms with E-state index in [9.17, 15) is 4.79 Å². The number of carbonyl (C=O) groups excluding carboxylic acids is 1. The van der Waals surface area contributed by atoms with Crippen molar-refractivity contribution >= 4 is 22.4 Å². The summed E-state index contributed by atoms with van der Waals surface area (Å²) in [7, 11) is 3.32. The first-order valence-corrected chi connectivity index (χ1v) is 6.39. The molecule has 100 valence electrons. The van der Waals surface area contributed by atoms with E-state index in [0.29, 0.717) is 11.6 Å². The zero-order chi connectivity index (χ0) is 13.8. The summed E-state index contributed by atoms with van der Waals surface area (Å²) in [5.41, 5.74) is 6.44. The highest BCUT2D eigenvalue weighted by Gasteiger charge is 2.16. The number of hydrogen-bond donors (Lipinski definition) is 1. The highest BCUT2D eigenvalue weighted by molar-refractivity contribution is 7.16. The summed E-state index contributed by atoms with van der Waals surface area (Å²) in [5, 5.41) is 7.96. The summed E-state index contributed by atoms with van der Waals surface area (Å²) < 4.78 is 5.14. The number of benzene rings is 1. The third-order valence-electron chi connectivity index (χ3n) is 2.52. The fraction of sp³-hybridized carbons (Fsp3) is 0.250. The quantitative estimate of drug-likeness (QED) is 0.914. The van der Waals surface area contributed by atoms with Crippen LogP contribution in [0.4, 0.5) is 5.13 Å². The molecule has 0 saturated carbocycles. The lowest BCUT2D eigenvalue weighted by atomic mass is 10.2. The number of anilines is 1. The van der Waals surface area contributed by atoms with E-state index in [1.807, 2.05) is 24.3 Å². The third-order valence-corrected chi connectivity index (χ3v) is 3.26. The number of ether oxygens (including phenoxy) is 1. The standard InChI is InChI=1S/C12H14N4O2S/c1-16(11(17)10-14-15-12(13)19-10)7-8-4-3-5-9(6-8)18-2/h3-6H,7H2,1-2H3,(H2,13,15). The Morgan fingerprint density at radius 1 is 1.47 bits per heavy atom. The van der Waals surface area contributed by atoms with Gasteiger partial charge in [0.2, 0.25) is 10.1 Å². The van der Waals surface area contributed by atoms with Crippen LogP contribution in [0.2, 0.25) is 0 Å². The van der Waals surface area contributed by atoms with Crippen molar-refractivity contribution in [2.24, 2.45) is 0 Å². The van der Waals surface area contributed by atoms with Crippen LogP contribution >= 0.6 is 11.3 Å². The van der Waals surface area contributed by atoms with Crippen LogP contribution in [-0.2, 0) is 6.54 Å². The molecule has 1 aromatic carbocycles. The second-order valence-electron chi connectivity index (χ2n) is 3.96. The normalized spacial score (nSPS) is 10.2. The predicted molar refractivity (Wildman–Crippen MR) is 73.1 cm³/mol. The third kappa shape index (κ3) is 3.19. The summed E-state index contributed by atoms with van der Waals surface area (Å²) in [4.78, 5) is 13.6. The molecule has 1 amide bonds. The van der Waals surface area contributed by atoms with Crippen molar-refractivity contribution in [1.29, 1.82) is 0 Å². The second kappa shape index (κ2) is 5.66. The topological polar surface area (TPSA) is 81.3 Å². The van der Waals surface area contributed by atoms with E-state index in [0.717, 1.165) is 22.6 Å². The lowest BCUT2D eigenvalue weighted by Crippen LogP contribution is -2.26. The summed E-state index contributed by atoms with van der Waals surface area (Å²) in [5.74, 6) is 0.565. The molecule has 0 spiro atoms. The van der Waals surface area contributed by atoms with Crippen molar-refractivity contribution in [1.82, 2.24) is 15.1 Å². The van der Waals surface area contributed by atoms with E-state index in [1.54, 1.807) is 19.1 Å². The van der Waals surface area contributed by atoms with Crippen LogP contribution in [0.15, 0.2) is 24.3 Å². The maximum absolute atomic E-state index is 12.1. The van der Waals surface area contributed by atoms with E-state index >= 15 is 0 Å². The van der Waals surface area contributed by atoms with Gasteiger partial charge in [-0.15, -0.1) is 10.2 Å². The molecule has 7 heteroatoms. The van der Waals surface area contributed by atoms with Crippen molar-refractivity contribution in [2.45, 2.75) is 6.54 Å². The lowest BCUT2D eigenvalue weighted by molar-refractivity contribution is 0.0783. The van der Waals surface area contributed by atoms with E-state index in [2.05, 4.69) is 10.2 Å². The molecule has 0 fully saturated rings. The van der Waals surface area contributed by atoms with Gasteiger partial charge in [-0.2, -0.15) is 0 Å². The molecule has 0 unspecified atom stereocenters. The number of aromatic nitrogens is 2. The molecule has 0 bridgehead atoms. The van der Waals surface area contributed by atoms with Crippen LogP contribution in [0, 0.1) is 0 Å². The van der Waals surface area contributed by atoms with Gasteiger partial charge in [-0.3, -0.25) is 4.79 Å². The number of nitrogens with zero attached hydrogens (tertiary/aromatic N) is 3. The van der Waals surface area contributed by atoms with Crippen LogP contribution in [0.25, 0.3) is 0 Å². The van der Waals surface area contributed by atoms with Gasteiger partial charge in [-0.05, 0) is 17.7 Å². The molecule has 0 atom stereocenters. The minimum atomic E-state index is -0.197. The number of methoxy groups -OCH3 is 1. The van der Waals surface area contributed by atoms with Crippen LogP contribution in [0.1, 0.15) is 15.4 Å². The average Bonchev–Trinajstić information content (AvgIpc) is 2.84. The first-order valence-electron chi connectivity index (χ1n) is 5.57. The minimum Gasteiger partial charge on any atom is -0.497 e. The average molecular weight is 278 g/mol. The Labute approximate surface area is 114 Å². The second-order valence-corrected chi connectivity index (χ2v) is 4.97. The summed E-state index contributed by atoms with van der Waals surface area (Å²) in [6.07, 6.45) is 0. The Hall–Kier alpha value is -2.15. The van der Waals surface area contributed by atoms with Crippen molar-refractivity contribution < 1.29 is 9.53 Å². The first-order chi connectivity index (χ1) is 9.10. The number of rotatable bonds is 4. The van der Waals surface area contributed by atoms with Crippen molar-refractivity contribution in [3.63, 3.8) is 0 Å². The van der Waals surface area contributed by atoms with Gasteiger partial charge >= 0.3 is 0 Å². The number of carbonyl (C=O) groups is 1. The van der Waals surface area contributed by atoms with Gasteiger partial charge in [0.15, 0.2) is 0 Å². The fourth-order valence-electron chi connectivity index (χ4n) is 1.60. The van der Waals surface area contributed by atoms with E-state index in [1.165, 1.54) is 0 Å². The van der Waals surface area contributed by atoms with Crippen LogP contribution in [0.5, 0.6) is 5.75 Å². The Bertz CT molecular complexity index is 585. The SMILES string of the molecule is COc1cccc(CN(C)C(=O)c2nnc(N)s2)c1. The Morgan fingerprint density at radius 3 is 2.89 bits per heavy atom. The van der Waals surface area contributed by atoms with Gasteiger partial charge in [0.1, 0.15) is 5.75 Å². The summed E-state index contributed by atoms with van der Waals surface area (Å²) in [6.45, 7) is 0.468. The molecule has 6 nitrogen and oxygen atoms in total. The molecule has 0 aliphatic rings. The molecule has 0 radical (unpaired) electrons. The smallest absolute Gasteiger partial charge is 0.284 e. The highest BCUT2D eigenvalue weighted by Crippen LogP contribution is 2.17. The molecule has 0 aliphatic carbocycles. The van der Waals surface area contributed by atoms with Crippen LogP contribution in [-0.4, -0.2) is 35.2 Å². The molecule has 1 aromatic heterocycles. The summed E-state index contributed by atoms with van der Waals surface area (Å²) in [6, 6.07) is 7.56. The highest BCUT2D eigenvalue weighted by atomic mass is 32.1. The molecule has 0 aliphatic heterocycles. The Balaban J connectivity index is 2.07. The molecular weight excluding hydrogens is 264 g/mol.